The van der Waals surface area contributed by atoms with E-state index in [0.29, 0.717) is 4.47 Å². The molecule has 0 aliphatic carbocycles. The molecule has 8 heteroatoms. The molecule has 0 saturated carbocycles. The third-order valence-electron chi connectivity index (χ3n) is 2.50. The second-order valence-electron chi connectivity index (χ2n) is 4.15. The van der Waals surface area contributed by atoms with E-state index in [1.165, 1.54) is 24.3 Å². The van der Waals surface area contributed by atoms with E-state index in [-0.39, 0.29) is 11.3 Å². The zero-order valence-electron chi connectivity index (χ0n) is 10.7. The van der Waals surface area contributed by atoms with Crippen molar-refractivity contribution in [3.8, 4) is 5.75 Å². The Hall–Kier alpha value is -2.09. The molecule has 0 aliphatic heterocycles. The van der Waals surface area contributed by atoms with Crippen LogP contribution in [0, 0.1) is 5.82 Å². The van der Waals surface area contributed by atoms with Gasteiger partial charge in [-0.25, -0.2) is 4.39 Å². The monoisotopic (exact) mass is 377 g/mol. The molecule has 1 N–H and O–H groups in total. The fourth-order valence-electron chi connectivity index (χ4n) is 1.64. The Kier molecular flexibility index (Phi) is 4.70. The summed E-state index contributed by atoms with van der Waals surface area (Å²) in [4.78, 5) is 12.0. The molecule has 0 saturated heterocycles. The topological polar surface area (TPSA) is 38.3 Å². The van der Waals surface area contributed by atoms with Crippen molar-refractivity contribution >= 4 is 27.5 Å². The molecule has 0 aliphatic rings. The maximum atomic E-state index is 13.2. The van der Waals surface area contributed by atoms with Crippen molar-refractivity contribution in [1.29, 1.82) is 0 Å². The number of amides is 1. The number of ether oxygens (including phenoxy) is 1. The van der Waals surface area contributed by atoms with E-state index in [0.717, 1.165) is 18.2 Å². The van der Waals surface area contributed by atoms with Crippen LogP contribution in [0.1, 0.15) is 10.4 Å². The second-order valence-corrected chi connectivity index (χ2v) is 5.01. The Morgan fingerprint density at radius 3 is 2.55 bits per heavy atom. The number of carbonyl (C=O) groups excluding carboxylic acids is 1. The Morgan fingerprint density at radius 2 is 1.86 bits per heavy atom. The van der Waals surface area contributed by atoms with Gasteiger partial charge in [0.1, 0.15) is 11.6 Å². The number of carbonyl (C=O) groups is 1. The maximum Gasteiger partial charge on any atom is 0.573 e. The van der Waals surface area contributed by atoms with E-state index in [1.54, 1.807) is 0 Å². The van der Waals surface area contributed by atoms with Crippen LogP contribution in [0.15, 0.2) is 46.9 Å². The summed E-state index contributed by atoms with van der Waals surface area (Å²) >= 11 is 3.10. The van der Waals surface area contributed by atoms with Crippen LogP contribution >= 0.6 is 15.9 Å². The summed E-state index contributed by atoms with van der Waals surface area (Å²) in [6, 6.07) is 8.31. The van der Waals surface area contributed by atoms with E-state index < -0.39 is 23.8 Å². The first kappa shape index (κ1) is 16.3. The van der Waals surface area contributed by atoms with Crippen LogP contribution in [0.4, 0.5) is 23.2 Å². The van der Waals surface area contributed by atoms with Gasteiger partial charge in [0.2, 0.25) is 0 Å². The molecule has 0 aromatic heterocycles. The quantitative estimate of drug-likeness (QED) is 0.784. The predicted molar refractivity (Wildman–Crippen MR) is 75.2 cm³/mol. The van der Waals surface area contributed by atoms with Crippen LogP contribution in [0.2, 0.25) is 0 Å². The van der Waals surface area contributed by atoms with Crippen LogP contribution in [0.25, 0.3) is 0 Å². The van der Waals surface area contributed by atoms with Crippen LogP contribution in [-0.2, 0) is 0 Å². The minimum absolute atomic E-state index is 0.0159. The van der Waals surface area contributed by atoms with Gasteiger partial charge >= 0.3 is 6.36 Å². The van der Waals surface area contributed by atoms with Gasteiger partial charge in [-0.1, -0.05) is 6.07 Å². The third kappa shape index (κ3) is 4.45. The van der Waals surface area contributed by atoms with Crippen molar-refractivity contribution in [2.24, 2.45) is 0 Å². The van der Waals surface area contributed by atoms with Crippen molar-refractivity contribution < 1.29 is 27.1 Å². The van der Waals surface area contributed by atoms with E-state index in [2.05, 4.69) is 26.0 Å². The summed E-state index contributed by atoms with van der Waals surface area (Å²) in [5.74, 6) is -1.75. The molecule has 0 unspecified atom stereocenters. The molecule has 1 amide bonds. The molecule has 0 heterocycles. The van der Waals surface area contributed by atoms with Crippen molar-refractivity contribution in [2.45, 2.75) is 6.36 Å². The minimum atomic E-state index is -4.83. The molecule has 2 rings (SSSR count). The first-order valence-corrected chi connectivity index (χ1v) is 6.66. The highest BCUT2D eigenvalue weighted by molar-refractivity contribution is 9.10. The van der Waals surface area contributed by atoms with Crippen LogP contribution < -0.4 is 10.1 Å². The molecule has 3 nitrogen and oxygen atoms in total. The number of halogens is 5. The zero-order chi connectivity index (χ0) is 16.3. The summed E-state index contributed by atoms with van der Waals surface area (Å²) in [6.07, 6.45) is -4.83. The Bertz CT molecular complexity index is 703. The number of benzene rings is 2. The smallest absolute Gasteiger partial charge is 0.406 e. The number of anilines is 1. The highest BCUT2D eigenvalue weighted by Gasteiger charge is 2.31. The van der Waals surface area contributed by atoms with Gasteiger partial charge in [-0.05, 0) is 46.3 Å². The molecule has 2 aromatic rings. The van der Waals surface area contributed by atoms with E-state index >= 15 is 0 Å². The Balaban J connectivity index is 2.18. The molecule has 116 valence electrons. The van der Waals surface area contributed by atoms with Crippen molar-refractivity contribution in [3.05, 3.63) is 58.3 Å². The fraction of sp³-hybridized carbons (Fsp3) is 0.0714. The van der Waals surface area contributed by atoms with Crippen LogP contribution in [0.5, 0.6) is 5.75 Å². The predicted octanol–water partition coefficient (Wildman–Crippen LogP) is 4.74. The lowest BCUT2D eigenvalue weighted by Gasteiger charge is -2.11. The van der Waals surface area contributed by atoms with E-state index in [4.69, 9.17) is 0 Å². The van der Waals surface area contributed by atoms with Crippen molar-refractivity contribution in [1.82, 2.24) is 0 Å². The summed E-state index contributed by atoms with van der Waals surface area (Å²) in [5.41, 5.74) is 0.102. The molecule has 22 heavy (non-hydrogen) atoms. The average molecular weight is 378 g/mol. The van der Waals surface area contributed by atoms with E-state index in [1.807, 2.05) is 0 Å². The van der Waals surface area contributed by atoms with Crippen LogP contribution in [-0.4, -0.2) is 12.3 Å². The molecule has 0 bridgehead atoms. The highest BCUT2D eigenvalue weighted by Crippen LogP contribution is 2.26. The number of hydrogen-bond acceptors (Lipinski definition) is 2. The molecular weight excluding hydrogens is 370 g/mol. The average Bonchev–Trinajstić information content (AvgIpc) is 2.40. The largest absolute Gasteiger partial charge is 0.573 e. The van der Waals surface area contributed by atoms with Gasteiger partial charge in [0.25, 0.3) is 5.91 Å². The number of rotatable bonds is 3. The zero-order valence-corrected chi connectivity index (χ0v) is 12.3. The minimum Gasteiger partial charge on any atom is -0.406 e. The molecule has 0 spiro atoms. The van der Waals surface area contributed by atoms with Gasteiger partial charge in [0.05, 0.1) is 5.56 Å². The summed E-state index contributed by atoms with van der Waals surface area (Å²) < 4.78 is 53.7. The van der Waals surface area contributed by atoms with Gasteiger partial charge in [-0.3, -0.25) is 4.79 Å². The normalized spacial score (nSPS) is 11.1. The lowest BCUT2D eigenvalue weighted by molar-refractivity contribution is -0.274. The van der Waals surface area contributed by atoms with Gasteiger partial charge in [0, 0.05) is 16.2 Å². The first-order valence-electron chi connectivity index (χ1n) is 5.87. The highest BCUT2D eigenvalue weighted by atomic mass is 79.9. The van der Waals surface area contributed by atoms with E-state index in [9.17, 15) is 22.4 Å². The standard InChI is InChI=1S/C14H8BrF4NO2/c15-12-5-4-8(16)6-11(12)13(21)20-9-2-1-3-10(7-9)22-14(17,18)19/h1-7H,(H,20,21). The summed E-state index contributed by atoms with van der Waals surface area (Å²) in [5, 5.41) is 2.37. The second kappa shape index (κ2) is 6.35. The SMILES string of the molecule is O=C(Nc1cccc(OC(F)(F)F)c1)c1cc(F)ccc1Br. The van der Waals surface area contributed by atoms with Crippen molar-refractivity contribution in [3.63, 3.8) is 0 Å². The lowest BCUT2D eigenvalue weighted by Crippen LogP contribution is -2.17. The molecule has 0 radical (unpaired) electrons. The molecular formula is C14H8BrF4NO2. The number of alkyl halides is 3. The fourth-order valence-corrected chi connectivity index (χ4v) is 2.07. The Labute approximate surface area is 131 Å². The first-order chi connectivity index (χ1) is 10.2. The molecule has 0 atom stereocenters. The number of nitrogens with one attached hydrogen (secondary N) is 1. The van der Waals surface area contributed by atoms with Gasteiger partial charge < -0.3 is 10.1 Å². The van der Waals surface area contributed by atoms with Gasteiger partial charge in [-0.15, -0.1) is 13.2 Å². The van der Waals surface area contributed by atoms with Crippen molar-refractivity contribution in [2.75, 3.05) is 5.32 Å². The van der Waals surface area contributed by atoms with Gasteiger partial charge in [0.15, 0.2) is 0 Å². The summed E-state index contributed by atoms with van der Waals surface area (Å²) in [7, 11) is 0. The third-order valence-corrected chi connectivity index (χ3v) is 3.19. The Morgan fingerprint density at radius 1 is 1.14 bits per heavy atom. The number of hydrogen-bond donors (Lipinski definition) is 1. The molecule has 2 aromatic carbocycles. The lowest BCUT2D eigenvalue weighted by atomic mass is 10.2. The van der Waals surface area contributed by atoms with Gasteiger partial charge in [-0.2, -0.15) is 0 Å². The maximum absolute atomic E-state index is 13.2. The van der Waals surface area contributed by atoms with Crippen LogP contribution in [0.3, 0.4) is 0 Å². The summed E-state index contributed by atoms with van der Waals surface area (Å²) in [6.45, 7) is 0. The molecule has 0 fully saturated rings.